The molecule has 168 valence electrons. The number of likely N-dealkylation sites (tertiary alicyclic amines) is 1. The highest BCUT2D eigenvalue weighted by molar-refractivity contribution is 5.72. The Morgan fingerprint density at radius 1 is 0.933 bits per heavy atom. The van der Waals surface area contributed by atoms with Gasteiger partial charge in [-0.2, -0.15) is 0 Å². The molecular weight excluding hydrogens is 382 g/mol. The SMILES string of the molecule is CC(C)(C)OC(=O)C[C@H]1CC[C@@H](CC(=O)OC(C)(C)C)N1[C@@H](CO)c1ccccc1. The molecule has 0 saturated carbocycles. The van der Waals surface area contributed by atoms with E-state index >= 15 is 0 Å². The van der Waals surface area contributed by atoms with E-state index in [0.717, 1.165) is 18.4 Å². The number of carbonyl (C=O) groups is 2. The van der Waals surface area contributed by atoms with Crippen molar-refractivity contribution in [2.75, 3.05) is 6.61 Å². The molecule has 1 N–H and O–H groups in total. The highest BCUT2D eigenvalue weighted by Crippen LogP contribution is 2.37. The molecule has 0 spiro atoms. The van der Waals surface area contributed by atoms with Gasteiger partial charge in [0.25, 0.3) is 0 Å². The van der Waals surface area contributed by atoms with E-state index in [1.54, 1.807) is 0 Å². The van der Waals surface area contributed by atoms with Crippen molar-refractivity contribution in [2.24, 2.45) is 0 Å². The zero-order valence-corrected chi connectivity index (χ0v) is 19.2. The van der Waals surface area contributed by atoms with Crippen molar-refractivity contribution >= 4 is 11.9 Å². The van der Waals surface area contributed by atoms with E-state index in [1.807, 2.05) is 71.9 Å². The lowest BCUT2D eigenvalue weighted by Gasteiger charge is -2.37. The summed E-state index contributed by atoms with van der Waals surface area (Å²) in [4.78, 5) is 27.2. The van der Waals surface area contributed by atoms with Crippen LogP contribution in [0.2, 0.25) is 0 Å². The van der Waals surface area contributed by atoms with Crippen molar-refractivity contribution in [2.45, 2.75) is 96.6 Å². The second-order valence-electron chi connectivity index (χ2n) is 10.0. The van der Waals surface area contributed by atoms with Gasteiger partial charge in [-0.15, -0.1) is 0 Å². The monoisotopic (exact) mass is 419 g/mol. The van der Waals surface area contributed by atoms with Crippen LogP contribution in [0.3, 0.4) is 0 Å². The molecule has 3 atom stereocenters. The molecule has 1 aliphatic rings. The van der Waals surface area contributed by atoms with Crippen LogP contribution in [0.5, 0.6) is 0 Å². The predicted octanol–water partition coefficient (Wildman–Crippen LogP) is 4.02. The van der Waals surface area contributed by atoms with Gasteiger partial charge in [0.15, 0.2) is 0 Å². The number of esters is 2. The van der Waals surface area contributed by atoms with Crippen molar-refractivity contribution in [1.29, 1.82) is 0 Å². The lowest BCUT2D eigenvalue weighted by Crippen LogP contribution is -2.43. The molecule has 1 aliphatic heterocycles. The van der Waals surface area contributed by atoms with Crippen molar-refractivity contribution < 1.29 is 24.2 Å². The summed E-state index contributed by atoms with van der Waals surface area (Å²) in [7, 11) is 0. The van der Waals surface area contributed by atoms with Gasteiger partial charge in [0, 0.05) is 12.1 Å². The zero-order chi connectivity index (χ0) is 22.5. The van der Waals surface area contributed by atoms with E-state index < -0.39 is 11.2 Å². The predicted molar refractivity (Wildman–Crippen MR) is 116 cm³/mol. The van der Waals surface area contributed by atoms with Crippen molar-refractivity contribution in [3.63, 3.8) is 0 Å². The molecule has 1 fully saturated rings. The Morgan fingerprint density at radius 2 is 1.37 bits per heavy atom. The molecule has 0 radical (unpaired) electrons. The lowest BCUT2D eigenvalue weighted by molar-refractivity contribution is -0.157. The summed E-state index contributed by atoms with van der Waals surface area (Å²) >= 11 is 0. The smallest absolute Gasteiger partial charge is 0.307 e. The Kier molecular flexibility index (Phi) is 8.06. The van der Waals surface area contributed by atoms with Crippen molar-refractivity contribution in [3.8, 4) is 0 Å². The number of ether oxygens (including phenoxy) is 2. The fraction of sp³-hybridized carbons (Fsp3) is 0.667. The fourth-order valence-corrected chi connectivity index (χ4v) is 4.10. The van der Waals surface area contributed by atoms with E-state index in [1.165, 1.54) is 0 Å². The number of hydrogen-bond acceptors (Lipinski definition) is 6. The minimum Gasteiger partial charge on any atom is -0.460 e. The first-order valence-corrected chi connectivity index (χ1v) is 10.8. The van der Waals surface area contributed by atoms with Gasteiger partial charge in [0.1, 0.15) is 11.2 Å². The molecule has 0 unspecified atom stereocenters. The molecule has 2 rings (SSSR count). The van der Waals surface area contributed by atoms with Gasteiger partial charge in [-0.25, -0.2) is 0 Å². The van der Waals surface area contributed by atoms with Gasteiger partial charge >= 0.3 is 11.9 Å². The van der Waals surface area contributed by atoms with Gasteiger partial charge in [-0.3, -0.25) is 14.5 Å². The van der Waals surface area contributed by atoms with Crippen LogP contribution in [0.4, 0.5) is 0 Å². The van der Waals surface area contributed by atoms with Crippen LogP contribution < -0.4 is 0 Å². The van der Waals surface area contributed by atoms with E-state index in [-0.39, 0.29) is 49.5 Å². The molecule has 0 aliphatic carbocycles. The van der Waals surface area contributed by atoms with Crippen molar-refractivity contribution in [3.05, 3.63) is 35.9 Å². The highest BCUT2D eigenvalue weighted by atomic mass is 16.6. The Morgan fingerprint density at radius 3 is 1.73 bits per heavy atom. The average Bonchev–Trinajstić information content (AvgIpc) is 2.95. The van der Waals surface area contributed by atoms with E-state index in [0.29, 0.717) is 0 Å². The standard InChI is InChI=1S/C24H37NO5/c1-23(2,3)29-21(27)14-18-12-13-19(15-22(28)30-24(4,5)6)25(18)20(16-26)17-10-8-7-9-11-17/h7-11,18-20,26H,12-16H2,1-6H3/t18-,19+,20-/m0/s1. The number of aliphatic hydroxyl groups is 1. The minimum atomic E-state index is -0.549. The minimum absolute atomic E-state index is 0.0976. The van der Waals surface area contributed by atoms with Gasteiger partial charge < -0.3 is 14.6 Å². The van der Waals surface area contributed by atoms with Gasteiger partial charge in [-0.1, -0.05) is 30.3 Å². The Bertz CT molecular complexity index is 667. The quantitative estimate of drug-likeness (QED) is 0.673. The first kappa shape index (κ1) is 24.4. The van der Waals surface area contributed by atoms with Crippen LogP contribution in [0.15, 0.2) is 30.3 Å². The topological polar surface area (TPSA) is 76.1 Å². The van der Waals surface area contributed by atoms with Crippen LogP contribution in [-0.2, 0) is 19.1 Å². The van der Waals surface area contributed by atoms with Gasteiger partial charge in [-0.05, 0) is 59.9 Å². The summed E-state index contributed by atoms with van der Waals surface area (Å²) in [5, 5.41) is 10.2. The third-order valence-electron chi connectivity index (χ3n) is 5.04. The number of hydrogen-bond donors (Lipinski definition) is 1. The number of carbonyl (C=O) groups excluding carboxylic acids is 2. The van der Waals surface area contributed by atoms with E-state index in [2.05, 4.69) is 4.90 Å². The van der Waals surface area contributed by atoms with E-state index in [4.69, 9.17) is 9.47 Å². The summed E-state index contributed by atoms with van der Waals surface area (Å²) < 4.78 is 11.1. The molecule has 0 bridgehead atoms. The first-order valence-electron chi connectivity index (χ1n) is 10.8. The second kappa shape index (κ2) is 9.92. The zero-order valence-electron chi connectivity index (χ0n) is 19.2. The van der Waals surface area contributed by atoms with Crippen molar-refractivity contribution in [1.82, 2.24) is 4.90 Å². The van der Waals surface area contributed by atoms with Crippen LogP contribution >= 0.6 is 0 Å². The third-order valence-corrected chi connectivity index (χ3v) is 5.04. The van der Waals surface area contributed by atoms with Gasteiger partial charge in [0.2, 0.25) is 0 Å². The maximum Gasteiger partial charge on any atom is 0.307 e. The molecule has 30 heavy (non-hydrogen) atoms. The van der Waals surface area contributed by atoms with E-state index in [9.17, 15) is 14.7 Å². The normalized spacial score (nSPS) is 21.3. The molecule has 0 aromatic heterocycles. The van der Waals surface area contributed by atoms with Crippen LogP contribution in [0, 0.1) is 0 Å². The third kappa shape index (κ3) is 7.40. The maximum atomic E-state index is 12.5. The molecule has 1 aromatic carbocycles. The van der Waals surface area contributed by atoms with Crippen LogP contribution in [0.25, 0.3) is 0 Å². The Hall–Kier alpha value is -1.92. The fourth-order valence-electron chi connectivity index (χ4n) is 4.10. The number of nitrogens with zero attached hydrogens (tertiary/aromatic N) is 1. The summed E-state index contributed by atoms with van der Waals surface area (Å²) in [6, 6.07) is 9.21. The second-order valence-corrected chi connectivity index (χ2v) is 10.0. The molecule has 0 amide bonds. The molecule has 1 heterocycles. The number of aliphatic hydroxyl groups excluding tert-OH is 1. The average molecular weight is 420 g/mol. The molecule has 6 nitrogen and oxygen atoms in total. The Balaban J connectivity index is 2.24. The van der Waals surface area contributed by atoms with Gasteiger partial charge in [0.05, 0.1) is 25.5 Å². The largest absolute Gasteiger partial charge is 0.460 e. The molecule has 6 heteroatoms. The highest BCUT2D eigenvalue weighted by Gasteiger charge is 2.41. The lowest BCUT2D eigenvalue weighted by atomic mass is 10.0. The molecular formula is C24H37NO5. The summed E-state index contributed by atoms with van der Waals surface area (Å²) in [5.74, 6) is -0.527. The summed E-state index contributed by atoms with van der Waals surface area (Å²) in [6.07, 6.45) is 1.98. The van der Waals surface area contributed by atoms with Crippen LogP contribution in [-0.4, -0.2) is 51.8 Å². The molecule has 1 saturated heterocycles. The number of benzene rings is 1. The van der Waals surface area contributed by atoms with Crippen LogP contribution in [0.1, 0.15) is 78.8 Å². The Labute approximate surface area is 180 Å². The summed E-state index contributed by atoms with van der Waals surface area (Å²) in [5.41, 5.74) is -0.136. The molecule has 1 aromatic rings. The number of rotatable bonds is 7. The first-order chi connectivity index (χ1) is 13.9. The summed E-state index contributed by atoms with van der Waals surface area (Å²) in [6.45, 7) is 11.0. The maximum absolute atomic E-state index is 12.5.